The molecule has 0 aliphatic carbocycles. The first-order chi connectivity index (χ1) is 8.58. The van der Waals surface area contributed by atoms with Crippen LogP contribution in [0.4, 0.5) is 0 Å². The molecule has 1 heterocycles. The topological polar surface area (TPSA) is 46.3 Å². The molecule has 3 heteroatoms. The molecule has 0 saturated carbocycles. The Balaban J connectivity index is 2.50. The Morgan fingerprint density at radius 2 is 2.22 bits per heavy atom. The van der Waals surface area contributed by atoms with Crippen LogP contribution in [0.1, 0.15) is 59.3 Å². The molecule has 2 N–H and O–H groups in total. The molecule has 1 aliphatic rings. The van der Waals surface area contributed by atoms with Crippen LogP contribution in [0.2, 0.25) is 0 Å². The van der Waals surface area contributed by atoms with Crippen molar-refractivity contribution < 1.29 is 4.79 Å². The summed E-state index contributed by atoms with van der Waals surface area (Å²) in [6.45, 7) is 7.23. The van der Waals surface area contributed by atoms with E-state index in [1.807, 2.05) is 6.92 Å². The molecule has 0 fully saturated rings. The number of hydrogen-bond donors (Lipinski definition) is 1. The molecule has 0 aromatic rings. The van der Waals surface area contributed by atoms with Gasteiger partial charge in [-0.1, -0.05) is 19.9 Å². The third kappa shape index (κ3) is 4.45. The third-order valence-corrected chi connectivity index (χ3v) is 3.58. The molecule has 2 unspecified atom stereocenters. The van der Waals surface area contributed by atoms with Gasteiger partial charge in [0.15, 0.2) is 0 Å². The maximum absolute atomic E-state index is 11.6. The number of ketones is 1. The lowest BCUT2D eigenvalue weighted by Gasteiger charge is -2.31. The Labute approximate surface area is 111 Å². The second kappa shape index (κ2) is 7.57. The van der Waals surface area contributed by atoms with E-state index in [9.17, 15) is 4.79 Å². The van der Waals surface area contributed by atoms with Gasteiger partial charge in [-0.25, -0.2) is 0 Å². The van der Waals surface area contributed by atoms with E-state index in [2.05, 4.69) is 24.8 Å². The average Bonchev–Trinajstić information content (AvgIpc) is 2.68. The Morgan fingerprint density at radius 3 is 2.78 bits per heavy atom. The van der Waals surface area contributed by atoms with Crippen molar-refractivity contribution in [3.8, 4) is 0 Å². The number of carbonyl (C=O) groups excluding carboxylic acids is 1. The van der Waals surface area contributed by atoms with Gasteiger partial charge in [-0.3, -0.25) is 4.79 Å². The molecule has 0 radical (unpaired) electrons. The fraction of sp³-hybridized carbons (Fsp3) is 0.800. The quantitative estimate of drug-likeness (QED) is 0.722. The van der Waals surface area contributed by atoms with Crippen molar-refractivity contribution in [3.05, 3.63) is 11.8 Å². The van der Waals surface area contributed by atoms with E-state index >= 15 is 0 Å². The Morgan fingerprint density at radius 1 is 1.50 bits per heavy atom. The van der Waals surface area contributed by atoms with Gasteiger partial charge >= 0.3 is 0 Å². The largest absolute Gasteiger partial charge is 0.370 e. The van der Waals surface area contributed by atoms with E-state index in [4.69, 9.17) is 5.73 Å². The Bertz CT molecular complexity index is 297. The first-order valence-corrected chi connectivity index (χ1v) is 7.31. The van der Waals surface area contributed by atoms with Crippen molar-refractivity contribution in [2.45, 2.75) is 71.4 Å². The molecule has 0 aromatic carbocycles. The van der Waals surface area contributed by atoms with E-state index in [0.717, 1.165) is 38.6 Å². The second-order valence-corrected chi connectivity index (χ2v) is 5.41. The molecule has 1 rings (SSSR count). The Hall–Kier alpha value is -0.830. The van der Waals surface area contributed by atoms with Crippen LogP contribution in [0.5, 0.6) is 0 Å². The zero-order valence-corrected chi connectivity index (χ0v) is 12.1. The number of nitrogens with zero attached hydrogens (tertiary/aromatic N) is 1. The minimum Gasteiger partial charge on any atom is -0.370 e. The molecule has 1 aliphatic heterocycles. The summed E-state index contributed by atoms with van der Waals surface area (Å²) in [7, 11) is 0. The fourth-order valence-electron chi connectivity index (χ4n) is 2.63. The highest BCUT2D eigenvalue weighted by atomic mass is 16.1. The number of rotatable bonds is 8. The molecule has 0 bridgehead atoms. The fourth-order valence-corrected chi connectivity index (χ4v) is 2.63. The highest BCUT2D eigenvalue weighted by Gasteiger charge is 2.25. The number of nitrogens with two attached hydrogens (primary N) is 1. The van der Waals surface area contributed by atoms with Gasteiger partial charge in [0, 0.05) is 37.2 Å². The number of allylic oxidation sites excluding steroid dienone is 1. The van der Waals surface area contributed by atoms with Crippen molar-refractivity contribution in [2.75, 3.05) is 6.54 Å². The zero-order valence-electron chi connectivity index (χ0n) is 12.1. The molecule has 0 amide bonds. The molecule has 0 spiro atoms. The summed E-state index contributed by atoms with van der Waals surface area (Å²) in [6.07, 6.45) is 7.82. The normalized spacial score (nSPS) is 21.0. The SMILES string of the molecule is CCCC(=O)CCC1=CCC(CC)N1CC(C)N. The van der Waals surface area contributed by atoms with Crippen LogP contribution in [0.3, 0.4) is 0 Å². The first kappa shape index (κ1) is 15.2. The van der Waals surface area contributed by atoms with E-state index in [0.29, 0.717) is 18.2 Å². The zero-order chi connectivity index (χ0) is 13.5. The molecule has 0 saturated heterocycles. The summed E-state index contributed by atoms with van der Waals surface area (Å²) in [5, 5.41) is 0. The maximum atomic E-state index is 11.6. The summed E-state index contributed by atoms with van der Waals surface area (Å²) >= 11 is 0. The summed E-state index contributed by atoms with van der Waals surface area (Å²) in [6, 6.07) is 0.777. The van der Waals surface area contributed by atoms with E-state index in [1.165, 1.54) is 5.70 Å². The summed E-state index contributed by atoms with van der Waals surface area (Å²) < 4.78 is 0. The van der Waals surface area contributed by atoms with Gasteiger partial charge in [0.1, 0.15) is 5.78 Å². The van der Waals surface area contributed by atoms with Crippen LogP contribution in [0.15, 0.2) is 11.8 Å². The predicted octanol–water partition coefficient (Wildman–Crippen LogP) is 2.85. The van der Waals surface area contributed by atoms with Gasteiger partial charge < -0.3 is 10.6 Å². The van der Waals surface area contributed by atoms with Crippen LogP contribution in [0, 0.1) is 0 Å². The highest BCUT2D eigenvalue weighted by Crippen LogP contribution is 2.27. The lowest BCUT2D eigenvalue weighted by molar-refractivity contribution is -0.119. The summed E-state index contributed by atoms with van der Waals surface area (Å²) in [5.74, 6) is 0.388. The first-order valence-electron chi connectivity index (χ1n) is 7.31. The number of Topliss-reactive ketones (excluding diaryl/α,β-unsaturated/α-hetero) is 1. The van der Waals surface area contributed by atoms with Crippen molar-refractivity contribution in [3.63, 3.8) is 0 Å². The number of hydrogen-bond acceptors (Lipinski definition) is 3. The van der Waals surface area contributed by atoms with Gasteiger partial charge in [0.05, 0.1) is 0 Å². The van der Waals surface area contributed by atoms with Crippen LogP contribution in [-0.4, -0.2) is 29.3 Å². The van der Waals surface area contributed by atoms with E-state index in [1.54, 1.807) is 0 Å². The van der Waals surface area contributed by atoms with Crippen molar-refractivity contribution in [1.82, 2.24) is 4.90 Å². The second-order valence-electron chi connectivity index (χ2n) is 5.41. The summed E-state index contributed by atoms with van der Waals surface area (Å²) in [5.41, 5.74) is 7.26. The average molecular weight is 252 g/mol. The molecule has 2 atom stereocenters. The summed E-state index contributed by atoms with van der Waals surface area (Å²) in [4.78, 5) is 14.0. The van der Waals surface area contributed by atoms with Crippen LogP contribution < -0.4 is 5.73 Å². The van der Waals surface area contributed by atoms with Gasteiger partial charge in [0.2, 0.25) is 0 Å². The Kier molecular flexibility index (Phi) is 6.41. The van der Waals surface area contributed by atoms with Crippen molar-refractivity contribution >= 4 is 5.78 Å². The molecule has 104 valence electrons. The minimum absolute atomic E-state index is 0.187. The van der Waals surface area contributed by atoms with Gasteiger partial charge in [0.25, 0.3) is 0 Å². The highest BCUT2D eigenvalue weighted by molar-refractivity contribution is 5.78. The lowest BCUT2D eigenvalue weighted by Crippen LogP contribution is -2.38. The minimum atomic E-state index is 0.187. The van der Waals surface area contributed by atoms with Crippen molar-refractivity contribution in [1.29, 1.82) is 0 Å². The van der Waals surface area contributed by atoms with Crippen LogP contribution in [0.25, 0.3) is 0 Å². The van der Waals surface area contributed by atoms with Crippen LogP contribution >= 0.6 is 0 Å². The molecule has 0 aromatic heterocycles. The van der Waals surface area contributed by atoms with E-state index in [-0.39, 0.29) is 6.04 Å². The molecule has 3 nitrogen and oxygen atoms in total. The monoisotopic (exact) mass is 252 g/mol. The lowest BCUT2D eigenvalue weighted by atomic mass is 10.1. The predicted molar refractivity (Wildman–Crippen MR) is 76.3 cm³/mol. The number of carbonyl (C=O) groups is 1. The molecular formula is C15H28N2O. The van der Waals surface area contributed by atoms with Gasteiger partial charge in [-0.2, -0.15) is 0 Å². The van der Waals surface area contributed by atoms with Gasteiger partial charge in [-0.05, 0) is 32.6 Å². The standard InChI is InChI=1S/C15H28N2O/c1-4-6-15(18)10-9-14-8-7-13(5-2)17(14)11-12(3)16/h8,12-13H,4-7,9-11,16H2,1-3H3. The smallest absolute Gasteiger partial charge is 0.133 e. The third-order valence-electron chi connectivity index (χ3n) is 3.58. The van der Waals surface area contributed by atoms with E-state index < -0.39 is 0 Å². The van der Waals surface area contributed by atoms with Crippen molar-refractivity contribution in [2.24, 2.45) is 5.73 Å². The maximum Gasteiger partial charge on any atom is 0.133 e. The molecule has 18 heavy (non-hydrogen) atoms. The van der Waals surface area contributed by atoms with Gasteiger partial charge in [-0.15, -0.1) is 0 Å². The molecular weight excluding hydrogens is 224 g/mol. The van der Waals surface area contributed by atoms with Crippen LogP contribution in [-0.2, 0) is 4.79 Å².